The zero-order valence-corrected chi connectivity index (χ0v) is 12.5. The molecule has 1 heterocycles. The number of nitrogens with one attached hydrogen (secondary N) is 2. The molecule has 1 saturated carbocycles. The van der Waals surface area contributed by atoms with Gasteiger partial charge in [0.1, 0.15) is 11.6 Å². The molecule has 112 valence electrons. The van der Waals surface area contributed by atoms with Crippen LogP contribution in [0.25, 0.3) is 0 Å². The Bertz CT molecular complexity index is 399. The van der Waals surface area contributed by atoms with Crippen molar-refractivity contribution in [1.29, 1.82) is 0 Å². The molecule has 1 fully saturated rings. The minimum Gasteiger partial charge on any atom is -0.370 e. The molecular formula is C15H27N5. The number of nitrogen functional groups attached to an aromatic ring is 1. The molecule has 0 atom stereocenters. The molecule has 5 nitrogen and oxygen atoms in total. The maximum Gasteiger partial charge on any atom is 0.223 e. The average molecular weight is 277 g/mol. The van der Waals surface area contributed by atoms with Crippen LogP contribution in [0.15, 0.2) is 6.07 Å². The van der Waals surface area contributed by atoms with E-state index in [9.17, 15) is 0 Å². The largest absolute Gasteiger partial charge is 0.370 e. The number of nitrogens with two attached hydrogens (primary N) is 1. The molecule has 0 spiro atoms. The Morgan fingerprint density at radius 3 is 2.45 bits per heavy atom. The fourth-order valence-electron chi connectivity index (χ4n) is 2.69. The highest BCUT2D eigenvalue weighted by Gasteiger charge is 2.12. The van der Waals surface area contributed by atoms with E-state index in [0.29, 0.717) is 12.0 Å². The van der Waals surface area contributed by atoms with Crippen molar-refractivity contribution in [2.45, 2.75) is 64.3 Å². The Morgan fingerprint density at radius 2 is 1.75 bits per heavy atom. The normalized spacial score (nSPS) is 17.2. The van der Waals surface area contributed by atoms with E-state index in [2.05, 4.69) is 27.5 Å². The third kappa shape index (κ3) is 4.87. The van der Waals surface area contributed by atoms with Gasteiger partial charge in [-0.15, -0.1) is 0 Å². The van der Waals surface area contributed by atoms with Crippen LogP contribution < -0.4 is 16.4 Å². The van der Waals surface area contributed by atoms with E-state index in [4.69, 9.17) is 5.73 Å². The summed E-state index contributed by atoms with van der Waals surface area (Å²) in [6.45, 7) is 3.03. The summed E-state index contributed by atoms with van der Waals surface area (Å²) in [5.74, 6) is 1.99. The molecule has 0 amide bonds. The summed E-state index contributed by atoms with van der Waals surface area (Å²) in [6, 6.07) is 2.48. The molecule has 0 saturated heterocycles. The molecule has 0 aliphatic heterocycles. The van der Waals surface area contributed by atoms with Crippen molar-refractivity contribution in [3.63, 3.8) is 0 Å². The summed E-state index contributed by atoms with van der Waals surface area (Å²) in [4.78, 5) is 8.52. The smallest absolute Gasteiger partial charge is 0.223 e. The third-order valence-corrected chi connectivity index (χ3v) is 3.76. The fourth-order valence-corrected chi connectivity index (χ4v) is 2.69. The van der Waals surface area contributed by atoms with Crippen LogP contribution in [-0.4, -0.2) is 22.6 Å². The van der Waals surface area contributed by atoms with Crippen LogP contribution in [0.2, 0.25) is 0 Å². The van der Waals surface area contributed by atoms with Crippen LogP contribution >= 0.6 is 0 Å². The Balaban J connectivity index is 1.97. The van der Waals surface area contributed by atoms with Gasteiger partial charge in [-0.05, 0) is 19.3 Å². The molecule has 20 heavy (non-hydrogen) atoms. The predicted molar refractivity (Wildman–Crippen MR) is 85.0 cm³/mol. The van der Waals surface area contributed by atoms with Gasteiger partial charge < -0.3 is 16.4 Å². The lowest BCUT2D eigenvalue weighted by Crippen LogP contribution is -2.21. The number of hydrogen-bond acceptors (Lipinski definition) is 5. The quantitative estimate of drug-likeness (QED) is 0.769. The van der Waals surface area contributed by atoms with E-state index < -0.39 is 0 Å². The number of nitrogens with zero attached hydrogens (tertiary/aromatic N) is 2. The van der Waals surface area contributed by atoms with Crippen LogP contribution in [0, 0.1) is 0 Å². The van der Waals surface area contributed by atoms with Crippen molar-refractivity contribution in [3.05, 3.63) is 6.07 Å². The van der Waals surface area contributed by atoms with Crippen LogP contribution in [-0.2, 0) is 0 Å². The SMILES string of the molecule is CCCNc1cc(NC2CCCCCCC2)nc(N)n1. The summed E-state index contributed by atoms with van der Waals surface area (Å²) >= 11 is 0. The van der Waals surface area contributed by atoms with Gasteiger partial charge in [0.2, 0.25) is 5.95 Å². The second-order valence-corrected chi connectivity index (χ2v) is 5.61. The summed E-state index contributed by atoms with van der Waals surface area (Å²) in [6.07, 6.45) is 10.2. The standard InChI is InChI=1S/C15H27N5/c1-2-10-17-13-11-14(20-15(16)19-13)18-12-8-6-4-3-5-7-9-12/h11-12H,2-10H2,1H3,(H4,16,17,18,19,20). The Kier molecular flexibility index (Phi) is 5.89. The van der Waals surface area contributed by atoms with Crippen molar-refractivity contribution in [3.8, 4) is 0 Å². The molecule has 0 aromatic carbocycles. The lowest BCUT2D eigenvalue weighted by Gasteiger charge is -2.21. The zero-order valence-electron chi connectivity index (χ0n) is 12.5. The summed E-state index contributed by atoms with van der Waals surface area (Å²) in [5, 5.41) is 6.80. The molecule has 0 radical (unpaired) electrons. The topological polar surface area (TPSA) is 75.9 Å². The van der Waals surface area contributed by atoms with E-state index in [-0.39, 0.29) is 0 Å². The number of hydrogen-bond donors (Lipinski definition) is 3. The molecule has 0 unspecified atom stereocenters. The van der Waals surface area contributed by atoms with Crippen LogP contribution in [0.1, 0.15) is 58.3 Å². The highest BCUT2D eigenvalue weighted by molar-refractivity contribution is 5.51. The van der Waals surface area contributed by atoms with Gasteiger partial charge in [-0.3, -0.25) is 0 Å². The first-order chi connectivity index (χ1) is 9.78. The van der Waals surface area contributed by atoms with E-state index in [0.717, 1.165) is 24.6 Å². The van der Waals surface area contributed by atoms with E-state index >= 15 is 0 Å². The first-order valence-corrected chi connectivity index (χ1v) is 7.93. The summed E-state index contributed by atoms with van der Waals surface area (Å²) in [5.41, 5.74) is 5.79. The summed E-state index contributed by atoms with van der Waals surface area (Å²) in [7, 11) is 0. The number of rotatable bonds is 5. The minimum absolute atomic E-state index is 0.333. The molecule has 5 heteroatoms. The van der Waals surface area contributed by atoms with Gasteiger partial charge in [-0.2, -0.15) is 9.97 Å². The van der Waals surface area contributed by atoms with Crippen molar-refractivity contribution in [2.24, 2.45) is 0 Å². The first-order valence-electron chi connectivity index (χ1n) is 7.93. The molecule has 1 aromatic heterocycles. The Hall–Kier alpha value is -1.52. The lowest BCUT2D eigenvalue weighted by atomic mass is 9.97. The molecule has 1 aliphatic carbocycles. The highest BCUT2D eigenvalue weighted by Crippen LogP contribution is 2.21. The van der Waals surface area contributed by atoms with E-state index in [1.165, 1.54) is 44.9 Å². The second kappa shape index (κ2) is 7.92. The molecule has 2 rings (SSSR count). The number of aromatic nitrogens is 2. The Morgan fingerprint density at radius 1 is 1.10 bits per heavy atom. The van der Waals surface area contributed by atoms with Crippen molar-refractivity contribution < 1.29 is 0 Å². The van der Waals surface area contributed by atoms with Gasteiger partial charge in [0.15, 0.2) is 0 Å². The van der Waals surface area contributed by atoms with Crippen molar-refractivity contribution >= 4 is 17.6 Å². The summed E-state index contributed by atoms with van der Waals surface area (Å²) < 4.78 is 0. The van der Waals surface area contributed by atoms with Gasteiger partial charge in [-0.25, -0.2) is 0 Å². The van der Waals surface area contributed by atoms with E-state index in [1.54, 1.807) is 0 Å². The third-order valence-electron chi connectivity index (χ3n) is 3.76. The van der Waals surface area contributed by atoms with Crippen LogP contribution in [0.4, 0.5) is 17.6 Å². The first kappa shape index (κ1) is 14.9. The van der Waals surface area contributed by atoms with Gasteiger partial charge in [0.05, 0.1) is 0 Å². The maximum absolute atomic E-state index is 5.79. The zero-order chi connectivity index (χ0) is 14.2. The molecule has 1 aromatic rings. The molecular weight excluding hydrogens is 250 g/mol. The minimum atomic E-state index is 0.333. The Labute approximate surface area is 121 Å². The molecule has 0 bridgehead atoms. The van der Waals surface area contributed by atoms with Gasteiger partial charge >= 0.3 is 0 Å². The van der Waals surface area contributed by atoms with Crippen LogP contribution in [0.3, 0.4) is 0 Å². The van der Waals surface area contributed by atoms with Gasteiger partial charge in [-0.1, -0.05) is 39.0 Å². The van der Waals surface area contributed by atoms with Crippen LogP contribution in [0.5, 0.6) is 0 Å². The fraction of sp³-hybridized carbons (Fsp3) is 0.733. The molecule has 1 aliphatic rings. The van der Waals surface area contributed by atoms with Crippen molar-refractivity contribution in [1.82, 2.24) is 9.97 Å². The average Bonchev–Trinajstić information content (AvgIpc) is 2.39. The van der Waals surface area contributed by atoms with E-state index in [1.807, 2.05) is 6.07 Å². The highest BCUT2D eigenvalue weighted by atomic mass is 15.1. The predicted octanol–water partition coefficient (Wildman–Crippen LogP) is 3.41. The van der Waals surface area contributed by atoms with Gasteiger partial charge in [0.25, 0.3) is 0 Å². The number of anilines is 3. The lowest BCUT2D eigenvalue weighted by molar-refractivity contribution is 0.471. The van der Waals surface area contributed by atoms with Crippen molar-refractivity contribution in [2.75, 3.05) is 22.9 Å². The second-order valence-electron chi connectivity index (χ2n) is 5.61. The van der Waals surface area contributed by atoms with Gasteiger partial charge in [0, 0.05) is 18.7 Å². The molecule has 4 N–H and O–H groups in total. The monoisotopic (exact) mass is 277 g/mol. The maximum atomic E-state index is 5.79.